The molecule has 1 amide bonds. The van der Waals surface area contributed by atoms with E-state index in [-0.39, 0.29) is 10.9 Å². The zero-order valence-electron chi connectivity index (χ0n) is 16.6. The summed E-state index contributed by atoms with van der Waals surface area (Å²) in [5, 5.41) is -0.0436. The molecule has 0 saturated carbocycles. The molecule has 0 spiro atoms. The Morgan fingerprint density at radius 2 is 1.90 bits per heavy atom. The number of para-hydroxylation sites is 1. The molecular formula is C21H23ClF3N3O2. The highest BCUT2D eigenvalue weighted by atomic mass is 35.5. The number of anilines is 1. The number of carbonyl (C=O) groups is 1. The van der Waals surface area contributed by atoms with E-state index in [1.54, 1.807) is 9.80 Å². The van der Waals surface area contributed by atoms with Crippen LogP contribution < -0.4 is 9.64 Å². The quantitative estimate of drug-likeness (QED) is 0.616. The van der Waals surface area contributed by atoms with Gasteiger partial charge in [0.05, 0.1) is 17.2 Å². The SMILES string of the molecule is Cc1ccccc1OCCCC(=O)N1CCN(c2ncc(C(F)(F)F)cc2Cl)CC1. The molecule has 0 N–H and O–H groups in total. The molecular weight excluding hydrogens is 419 g/mol. The summed E-state index contributed by atoms with van der Waals surface area (Å²) in [4.78, 5) is 19.9. The minimum absolute atomic E-state index is 0.0366. The van der Waals surface area contributed by atoms with Gasteiger partial charge in [0.25, 0.3) is 0 Å². The summed E-state index contributed by atoms with van der Waals surface area (Å²) in [6, 6.07) is 8.61. The maximum Gasteiger partial charge on any atom is 0.417 e. The molecule has 1 aromatic heterocycles. The Hall–Kier alpha value is -2.48. The summed E-state index contributed by atoms with van der Waals surface area (Å²) in [6.45, 7) is 4.29. The van der Waals surface area contributed by atoms with Crippen molar-refractivity contribution in [2.24, 2.45) is 0 Å². The molecule has 2 heterocycles. The van der Waals surface area contributed by atoms with Crippen molar-refractivity contribution in [3.63, 3.8) is 0 Å². The lowest BCUT2D eigenvalue weighted by molar-refractivity contribution is -0.137. The van der Waals surface area contributed by atoms with Crippen LogP contribution in [0.4, 0.5) is 19.0 Å². The van der Waals surface area contributed by atoms with E-state index < -0.39 is 11.7 Å². The van der Waals surface area contributed by atoms with Crippen LogP contribution in [0.25, 0.3) is 0 Å². The van der Waals surface area contributed by atoms with Crippen molar-refractivity contribution in [1.82, 2.24) is 9.88 Å². The minimum Gasteiger partial charge on any atom is -0.493 e. The number of rotatable bonds is 6. The van der Waals surface area contributed by atoms with E-state index in [0.717, 1.165) is 23.6 Å². The van der Waals surface area contributed by atoms with Crippen LogP contribution in [-0.4, -0.2) is 48.6 Å². The van der Waals surface area contributed by atoms with Gasteiger partial charge in [-0.05, 0) is 31.0 Å². The van der Waals surface area contributed by atoms with Gasteiger partial charge < -0.3 is 14.5 Å². The first-order chi connectivity index (χ1) is 14.3. The Morgan fingerprint density at radius 3 is 2.53 bits per heavy atom. The standard InChI is InChI=1S/C21H23ClF3N3O2/c1-15-5-2-3-6-18(15)30-12-4-7-19(29)27-8-10-28(11-9-27)20-17(22)13-16(14-26-20)21(23,24)25/h2-3,5-6,13-14H,4,7-12H2,1H3. The van der Waals surface area contributed by atoms with Crippen molar-refractivity contribution in [2.75, 3.05) is 37.7 Å². The number of hydrogen-bond donors (Lipinski definition) is 0. The van der Waals surface area contributed by atoms with Crippen LogP contribution in [0, 0.1) is 6.92 Å². The van der Waals surface area contributed by atoms with Crippen LogP contribution in [0.15, 0.2) is 36.5 Å². The first kappa shape index (κ1) is 22.2. The fourth-order valence-corrected chi connectivity index (χ4v) is 3.55. The molecule has 0 bridgehead atoms. The largest absolute Gasteiger partial charge is 0.493 e. The summed E-state index contributed by atoms with van der Waals surface area (Å²) in [5.74, 6) is 1.16. The van der Waals surface area contributed by atoms with Crippen LogP contribution in [-0.2, 0) is 11.0 Å². The third-order valence-electron chi connectivity index (χ3n) is 4.97. The zero-order valence-corrected chi connectivity index (χ0v) is 17.3. The van der Waals surface area contributed by atoms with Gasteiger partial charge >= 0.3 is 6.18 Å². The molecule has 3 rings (SSSR count). The third kappa shape index (κ3) is 5.56. The second kappa shape index (κ2) is 9.55. The molecule has 1 aromatic carbocycles. The van der Waals surface area contributed by atoms with Crippen molar-refractivity contribution in [3.05, 3.63) is 52.7 Å². The third-order valence-corrected chi connectivity index (χ3v) is 5.25. The predicted octanol–water partition coefficient (Wildman–Crippen LogP) is 4.57. The van der Waals surface area contributed by atoms with Crippen molar-refractivity contribution in [3.8, 4) is 5.75 Å². The van der Waals surface area contributed by atoms with Crippen molar-refractivity contribution in [2.45, 2.75) is 25.9 Å². The molecule has 1 fully saturated rings. The number of ether oxygens (including phenoxy) is 1. The van der Waals surface area contributed by atoms with Crippen LogP contribution in [0.1, 0.15) is 24.0 Å². The van der Waals surface area contributed by atoms with Gasteiger partial charge in [0.1, 0.15) is 11.6 Å². The van der Waals surface area contributed by atoms with Gasteiger partial charge in [0, 0.05) is 38.8 Å². The number of amides is 1. The second-order valence-corrected chi connectivity index (χ2v) is 7.52. The number of nitrogens with zero attached hydrogens (tertiary/aromatic N) is 3. The van der Waals surface area contributed by atoms with E-state index in [4.69, 9.17) is 16.3 Å². The van der Waals surface area contributed by atoms with Gasteiger partial charge in [-0.3, -0.25) is 4.79 Å². The Balaban J connectivity index is 1.45. The highest BCUT2D eigenvalue weighted by Gasteiger charge is 2.32. The summed E-state index contributed by atoms with van der Waals surface area (Å²) in [5.41, 5.74) is 0.175. The van der Waals surface area contributed by atoms with Gasteiger partial charge in [-0.15, -0.1) is 0 Å². The molecule has 162 valence electrons. The van der Waals surface area contributed by atoms with E-state index >= 15 is 0 Å². The minimum atomic E-state index is -4.48. The van der Waals surface area contributed by atoms with Gasteiger partial charge in [-0.2, -0.15) is 13.2 Å². The number of aryl methyl sites for hydroxylation is 1. The maximum atomic E-state index is 12.8. The van der Waals surface area contributed by atoms with E-state index in [9.17, 15) is 18.0 Å². The highest BCUT2D eigenvalue weighted by molar-refractivity contribution is 6.33. The summed E-state index contributed by atoms with van der Waals surface area (Å²) < 4.78 is 44.0. The lowest BCUT2D eigenvalue weighted by Gasteiger charge is -2.36. The molecule has 5 nitrogen and oxygen atoms in total. The molecule has 0 unspecified atom stereocenters. The number of alkyl halides is 3. The highest BCUT2D eigenvalue weighted by Crippen LogP contribution is 2.33. The van der Waals surface area contributed by atoms with Crippen LogP contribution in [0.5, 0.6) is 5.75 Å². The van der Waals surface area contributed by atoms with Gasteiger partial charge in [-0.25, -0.2) is 4.98 Å². The molecule has 2 aromatic rings. The molecule has 1 saturated heterocycles. The van der Waals surface area contributed by atoms with Gasteiger partial charge in [-0.1, -0.05) is 29.8 Å². The smallest absolute Gasteiger partial charge is 0.417 e. The Kier molecular flexibility index (Phi) is 7.07. The van der Waals surface area contributed by atoms with E-state index in [1.807, 2.05) is 31.2 Å². The fourth-order valence-electron chi connectivity index (χ4n) is 3.27. The molecule has 9 heteroatoms. The Labute approximate surface area is 178 Å². The number of carbonyl (C=O) groups excluding carboxylic acids is 1. The average Bonchev–Trinajstić information content (AvgIpc) is 2.71. The van der Waals surface area contributed by atoms with E-state index in [1.165, 1.54) is 0 Å². The lowest BCUT2D eigenvalue weighted by Crippen LogP contribution is -2.49. The first-order valence-electron chi connectivity index (χ1n) is 9.69. The number of aromatic nitrogens is 1. The average molecular weight is 442 g/mol. The van der Waals surface area contributed by atoms with Gasteiger partial charge in [0.15, 0.2) is 0 Å². The molecule has 0 radical (unpaired) electrons. The van der Waals surface area contributed by atoms with Gasteiger partial charge in [0.2, 0.25) is 5.91 Å². The first-order valence-corrected chi connectivity index (χ1v) is 10.1. The number of hydrogen-bond acceptors (Lipinski definition) is 4. The Morgan fingerprint density at radius 1 is 1.20 bits per heavy atom. The van der Waals surface area contributed by atoms with Crippen LogP contribution in [0.3, 0.4) is 0 Å². The second-order valence-electron chi connectivity index (χ2n) is 7.11. The molecule has 0 aliphatic carbocycles. The number of benzene rings is 1. The molecule has 30 heavy (non-hydrogen) atoms. The molecule has 0 atom stereocenters. The van der Waals surface area contributed by atoms with E-state index in [2.05, 4.69) is 4.98 Å². The van der Waals surface area contributed by atoms with Crippen LogP contribution in [0.2, 0.25) is 5.02 Å². The number of halogens is 4. The van der Waals surface area contributed by atoms with Crippen molar-refractivity contribution < 1.29 is 22.7 Å². The van der Waals surface area contributed by atoms with Crippen LogP contribution >= 0.6 is 11.6 Å². The fraction of sp³-hybridized carbons (Fsp3) is 0.429. The van der Waals surface area contributed by atoms with E-state index in [0.29, 0.717) is 51.4 Å². The zero-order chi connectivity index (χ0) is 21.7. The van der Waals surface area contributed by atoms with Crippen molar-refractivity contribution >= 4 is 23.3 Å². The number of pyridine rings is 1. The number of piperazine rings is 1. The summed E-state index contributed by atoms with van der Waals surface area (Å²) >= 11 is 6.02. The predicted molar refractivity (Wildman–Crippen MR) is 109 cm³/mol. The monoisotopic (exact) mass is 441 g/mol. The Bertz CT molecular complexity index is 884. The molecule has 1 aliphatic heterocycles. The normalized spacial score (nSPS) is 14.7. The summed E-state index contributed by atoms with van der Waals surface area (Å²) in [6.07, 6.45) is -2.71. The summed E-state index contributed by atoms with van der Waals surface area (Å²) in [7, 11) is 0. The topological polar surface area (TPSA) is 45.7 Å². The molecule has 1 aliphatic rings. The van der Waals surface area contributed by atoms with Crippen molar-refractivity contribution in [1.29, 1.82) is 0 Å². The maximum absolute atomic E-state index is 12.8. The lowest BCUT2D eigenvalue weighted by atomic mass is 10.2.